The van der Waals surface area contributed by atoms with Crippen molar-refractivity contribution in [1.29, 1.82) is 0 Å². The van der Waals surface area contributed by atoms with Crippen LogP contribution in [0.4, 0.5) is 0 Å². The van der Waals surface area contributed by atoms with Crippen LogP contribution in [0.2, 0.25) is 0 Å². The summed E-state index contributed by atoms with van der Waals surface area (Å²) in [4.78, 5) is 10.2. The van der Waals surface area contributed by atoms with E-state index in [4.69, 9.17) is 10.9 Å². The summed E-state index contributed by atoms with van der Waals surface area (Å²) in [6, 6.07) is 0. The number of rotatable bonds is 10. The number of nitrogens with one attached hydrogen (secondary N) is 1. The molecule has 0 aromatic carbocycles. The minimum absolute atomic E-state index is 0.300. The van der Waals surface area contributed by atoms with Crippen molar-refractivity contribution in [3.63, 3.8) is 0 Å². The third-order valence-electron chi connectivity index (χ3n) is 2.18. The van der Waals surface area contributed by atoms with E-state index in [0.717, 1.165) is 32.1 Å². The average Bonchev–Trinajstić information content (AvgIpc) is 2.15. The van der Waals surface area contributed by atoms with Gasteiger partial charge < -0.3 is 5.11 Å². The first-order valence-electron chi connectivity index (χ1n) is 5.36. The van der Waals surface area contributed by atoms with Gasteiger partial charge in [-0.2, -0.15) is 0 Å². The highest BCUT2D eigenvalue weighted by Crippen LogP contribution is 2.08. The molecule has 0 spiro atoms. The van der Waals surface area contributed by atoms with Crippen molar-refractivity contribution in [3.8, 4) is 0 Å². The summed E-state index contributed by atoms with van der Waals surface area (Å²) in [7, 11) is 0. The zero-order valence-corrected chi connectivity index (χ0v) is 8.67. The zero-order chi connectivity index (χ0) is 10.6. The molecule has 4 heteroatoms. The smallest absolute Gasteiger partial charge is 0.303 e. The Kier molecular flexibility index (Phi) is 10.0. The molecular formula is C10H20N2O2. The Morgan fingerprint density at radius 3 is 2.00 bits per heavy atom. The Morgan fingerprint density at radius 2 is 1.50 bits per heavy atom. The molecule has 4 nitrogen and oxygen atoms in total. The van der Waals surface area contributed by atoms with E-state index >= 15 is 0 Å². The molecular weight excluding hydrogens is 180 g/mol. The molecule has 0 aliphatic heterocycles. The minimum atomic E-state index is -0.695. The van der Waals surface area contributed by atoms with Crippen molar-refractivity contribution >= 4 is 5.97 Å². The average molecular weight is 200 g/mol. The molecule has 0 fully saturated rings. The molecule has 0 saturated carbocycles. The standard InChI is InChI=1S/C10H20N2O2/c11-12-9-7-5-3-1-2-4-6-8-10(13)14/h12H,1-9H2,(H,13,14). The lowest BCUT2D eigenvalue weighted by atomic mass is 10.1. The lowest BCUT2D eigenvalue weighted by molar-refractivity contribution is -0.137. The first kappa shape index (κ1) is 13.4. The number of nitrogens with zero attached hydrogens (tertiary/aromatic N) is 1. The monoisotopic (exact) mass is 200 g/mol. The summed E-state index contributed by atoms with van der Waals surface area (Å²) >= 11 is 0. The number of carboxylic acids is 1. The maximum atomic E-state index is 10.2. The van der Waals surface area contributed by atoms with E-state index in [9.17, 15) is 4.79 Å². The topological polar surface area (TPSA) is 71.6 Å². The van der Waals surface area contributed by atoms with Crippen LogP contribution >= 0.6 is 0 Å². The lowest BCUT2D eigenvalue weighted by Crippen LogP contribution is -2.10. The fourth-order valence-corrected chi connectivity index (χ4v) is 1.36. The highest BCUT2D eigenvalue weighted by Gasteiger charge is 1.96. The van der Waals surface area contributed by atoms with Gasteiger partial charge in [-0.25, -0.2) is 5.43 Å². The van der Waals surface area contributed by atoms with Gasteiger partial charge in [-0.1, -0.05) is 32.1 Å². The molecule has 0 aromatic rings. The molecule has 0 bridgehead atoms. The number of hydrogen-bond donors (Lipinski definition) is 2. The zero-order valence-electron chi connectivity index (χ0n) is 8.67. The van der Waals surface area contributed by atoms with Gasteiger partial charge in [0.15, 0.2) is 0 Å². The third-order valence-corrected chi connectivity index (χ3v) is 2.18. The molecule has 0 aliphatic rings. The first-order chi connectivity index (χ1) is 6.77. The molecule has 14 heavy (non-hydrogen) atoms. The van der Waals surface area contributed by atoms with Gasteiger partial charge >= 0.3 is 5.97 Å². The van der Waals surface area contributed by atoms with Crippen LogP contribution in [0.3, 0.4) is 0 Å². The van der Waals surface area contributed by atoms with Crippen LogP contribution in [0.1, 0.15) is 51.4 Å². The van der Waals surface area contributed by atoms with Gasteiger partial charge in [-0.15, -0.1) is 0 Å². The van der Waals surface area contributed by atoms with Gasteiger partial charge in [0.05, 0.1) is 0 Å². The van der Waals surface area contributed by atoms with Gasteiger partial charge in [-0.3, -0.25) is 4.79 Å². The van der Waals surface area contributed by atoms with Crippen LogP contribution in [0.25, 0.3) is 0 Å². The van der Waals surface area contributed by atoms with E-state index in [1.54, 1.807) is 0 Å². The Balaban J connectivity index is 2.88. The molecule has 0 amide bonds. The van der Waals surface area contributed by atoms with Gasteiger partial charge in [0.1, 0.15) is 0 Å². The van der Waals surface area contributed by atoms with E-state index in [1.165, 1.54) is 12.8 Å². The molecule has 2 radical (unpaired) electrons. The van der Waals surface area contributed by atoms with Crippen molar-refractivity contribution in [2.45, 2.75) is 51.4 Å². The molecule has 0 heterocycles. The maximum Gasteiger partial charge on any atom is 0.303 e. The molecule has 0 saturated heterocycles. The van der Waals surface area contributed by atoms with E-state index in [2.05, 4.69) is 5.43 Å². The Hall–Kier alpha value is -0.610. The fourth-order valence-electron chi connectivity index (χ4n) is 1.36. The summed E-state index contributed by atoms with van der Waals surface area (Å²) in [6.45, 7) is 0.666. The van der Waals surface area contributed by atoms with E-state index in [0.29, 0.717) is 13.0 Å². The predicted octanol–water partition coefficient (Wildman–Crippen LogP) is 1.77. The van der Waals surface area contributed by atoms with Gasteiger partial charge in [0.2, 0.25) is 0 Å². The van der Waals surface area contributed by atoms with Gasteiger partial charge in [-0.05, 0) is 18.7 Å². The van der Waals surface area contributed by atoms with E-state index < -0.39 is 5.97 Å². The van der Waals surface area contributed by atoms with Crippen LogP contribution in [-0.2, 0) is 4.79 Å². The third kappa shape index (κ3) is 11.4. The Morgan fingerprint density at radius 1 is 1.00 bits per heavy atom. The second kappa shape index (κ2) is 10.5. The lowest BCUT2D eigenvalue weighted by Gasteiger charge is -2.00. The Labute approximate surface area is 85.8 Å². The summed E-state index contributed by atoms with van der Waals surface area (Å²) in [5.74, 6) is 7.59. The van der Waals surface area contributed by atoms with Crippen molar-refractivity contribution < 1.29 is 9.90 Å². The molecule has 0 aliphatic carbocycles. The fraction of sp³-hybridized carbons (Fsp3) is 0.900. The van der Waals surface area contributed by atoms with Crippen molar-refractivity contribution in [2.24, 2.45) is 0 Å². The van der Waals surface area contributed by atoms with Crippen LogP contribution in [0, 0.1) is 0 Å². The number of unbranched alkanes of at least 4 members (excludes halogenated alkanes) is 6. The van der Waals surface area contributed by atoms with Crippen molar-refractivity contribution in [3.05, 3.63) is 0 Å². The summed E-state index contributed by atoms with van der Waals surface area (Å²) in [6.07, 6.45) is 7.73. The first-order valence-corrected chi connectivity index (χ1v) is 5.36. The van der Waals surface area contributed by atoms with Crippen LogP contribution in [0.15, 0.2) is 0 Å². The van der Waals surface area contributed by atoms with Gasteiger partial charge in [0, 0.05) is 13.0 Å². The van der Waals surface area contributed by atoms with E-state index in [-0.39, 0.29) is 0 Å². The molecule has 2 N–H and O–H groups in total. The molecule has 0 unspecified atom stereocenters. The Bertz CT molecular complexity index is 140. The minimum Gasteiger partial charge on any atom is -0.481 e. The van der Waals surface area contributed by atoms with Crippen LogP contribution in [-0.4, -0.2) is 17.6 Å². The summed E-state index contributed by atoms with van der Waals surface area (Å²) < 4.78 is 0. The largest absolute Gasteiger partial charge is 0.481 e. The molecule has 0 rings (SSSR count). The highest BCUT2D eigenvalue weighted by atomic mass is 16.4. The number of hydrogen-bond acceptors (Lipinski definition) is 2. The van der Waals surface area contributed by atoms with Gasteiger partial charge in [0.25, 0.3) is 0 Å². The molecule has 0 atom stereocenters. The number of carboxylic acid groups (broad SMARTS) is 1. The summed E-state index contributed by atoms with van der Waals surface area (Å²) in [5, 5.41) is 8.38. The predicted molar refractivity (Wildman–Crippen MR) is 54.7 cm³/mol. The second-order valence-corrected chi connectivity index (χ2v) is 3.53. The van der Waals surface area contributed by atoms with Crippen LogP contribution in [0.5, 0.6) is 0 Å². The normalized spacial score (nSPS) is 10.4. The molecule has 0 aromatic heterocycles. The quantitative estimate of drug-likeness (QED) is 0.417. The van der Waals surface area contributed by atoms with E-state index in [1.807, 2.05) is 0 Å². The maximum absolute atomic E-state index is 10.2. The number of carbonyl (C=O) groups is 1. The van der Waals surface area contributed by atoms with Crippen molar-refractivity contribution in [2.75, 3.05) is 6.54 Å². The summed E-state index contributed by atoms with van der Waals surface area (Å²) in [5.41, 5.74) is 2.13. The second-order valence-electron chi connectivity index (χ2n) is 3.53. The number of aliphatic carboxylic acids is 1. The molecule has 82 valence electrons. The SMILES string of the molecule is [N]NCCCCCCCCCC(=O)O. The van der Waals surface area contributed by atoms with Crippen molar-refractivity contribution in [1.82, 2.24) is 11.3 Å². The van der Waals surface area contributed by atoms with Crippen LogP contribution < -0.4 is 11.3 Å². The highest BCUT2D eigenvalue weighted by molar-refractivity contribution is 5.66.